The lowest BCUT2D eigenvalue weighted by atomic mass is 10.0. The summed E-state index contributed by atoms with van der Waals surface area (Å²) in [4.78, 5) is 27.7. The van der Waals surface area contributed by atoms with Crippen molar-refractivity contribution in [3.05, 3.63) is 98.6 Å². The Hall–Kier alpha value is -2.79. The number of nitrogens with one attached hydrogen (secondary N) is 1. The van der Waals surface area contributed by atoms with Gasteiger partial charge in [0.05, 0.1) is 11.3 Å². The number of rotatable bonds is 4. The number of halogens is 3. The van der Waals surface area contributed by atoms with E-state index in [0.717, 1.165) is 10.5 Å². The van der Waals surface area contributed by atoms with Gasteiger partial charge < -0.3 is 5.32 Å². The molecule has 0 bridgehead atoms. The highest BCUT2D eigenvalue weighted by Gasteiger charge is 2.40. The third kappa shape index (κ3) is 3.82. The van der Waals surface area contributed by atoms with Gasteiger partial charge in [0.25, 0.3) is 11.8 Å². The predicted octanol–water partition coefficient (Wildman–Crippen LogP) is 6.35. The quantitative estimate of drug-likeness (QED) is 0.464. The monoisotopic (exact) mass is 456 g/mol. The molecule has 0 atom stereocenters. The molecule has 150 valence electrons. The number of imide groups is 1. The maximum Gasteiger partial charge on any atom is 0.282 e. The Kier molecular flexibility index (Phi) is 5.56. The molecule has 0 aromatic heterocycles. The van der Waals surface area contributed by atoms with Crippen molar-refractivity contribution in [3.63, 3.8) is 0 Å². The van der Waals surface area contributed by atoms with Crippen LogP contribution < -0.4 is 10.2 Å². The number of aryl methyl sites for hydroxylation is 1. The van der Waals surface area contributed by atoms with Gasteiger partial charge in [-0.2, -0.15) is 0 Å². The Morgan fingerprint density at radius 2 is 1.37 bits per heavy atom. The van der Waals surface area contributed by atoms with Crippen LogP contribution in [0.2, 0.25) is 15.1 Å². The first kappa shape index (κ1) is 20.5. The SMILES string of the molecule is Cc1ccc(NC2=C(c3ccc(Cl)cc3)C(=O)N(c3ccc(Cl)cc3)C2=O)cc1Cl. The molecular weight excluding hydrogens is 443 g/mol. The molecule has 7 heteroatoms. The van der Waals surface area contributed by atoms with Gasteiger partial charge in [0.1, 0.15) is 5.70 Å². The number of anilines is 2. The van der Waals surface area contributed by atoms with Crippen LogP contribution in [0.3, 0.4) is 0 Å². The van der Waals surface area contributed by atoms with Crippen LogP contribution in [-0.4, -0.2) is 11.8 Å². The van der Waals surface area contributed by atoms with Crippen molar-refractivity contribution in [2.75, 3.05) is 10.2 Å². The van der Waals surface area contributed by atoms with Crippen molar-refractivity contribution in [2.24, 2.45) is 0 Å². The fourth-order valence-corrected chi connectivity index (χ4v) is 3.60. The summed E-state index contributed by atoms with van der Waals surface area (Å²) in [6.07, 6.45) is 0. The van der Waals surface area contributed by atoms with Crippen LogP contribution in [0, 0.1) is 6.92 Å². The number of benzene rings is 3. The number of amides is 2. The van der Waals surface area contributed by atoms with Gasteiger partial charge in [0.15, 0.2) is 0 Å². The molecule has 1 N–H and O–H groups in total. The Morgan fingerprint density at radius 1 is 0.767 bits per heavy atom. The summed E-state index contributed by atoms with van der Waals surface area (Å²) in [5.74, 6) is -0.908. The molecule has 0 aliphatic carbocycles. The second-order valence-corrected chi connectivity index (χ2v) is 8.05. The van der Waals surface area contributed by atoms with Gasteiger partial charge >= 0.3 is 0 Å². The summed E-state index contributed by atoms with van der Waals surface area (Å²) in [6.45, 7) is 1.89. The topological polar surface area (TPSA) is 49.4 Å². The van der Waals surface area contributed by atoms with E-state index in [-0.39, 0.29) is 11.3 Å². The molecule has 2 amide bonds. The van der Waals surface area contributed by atoms with Crippen LogP contribution in [-0.2, 0) is 9.59 Å². The van der Waals surface area contributed by atoms with Crippen LogP contribution in [0.25, 0.3) is 5.57 Å². The summed E-state index contributed by atoms with van der Waals surface area (Å²) in [7, 11) is 0. The van der Waals surface area contributed by atoms with Crippen molar-refractivity contribution in [2.45, 2.75) is 6.92 Å². The third-order valence-electron chi connectivity index (χ3n) is 4.74. The Labute approximate surface area is 188 Å². The zero-order chi connectivity index (χ0) is 21.4. The van der Waals surface area contributed by atoms with E-state index in [1.165, 1.54) is 0 Å². The lowest BCUT2D eigenvalue weighted by Gasteiger charge is -2.15. The molecule has 1 aliphatic rings. The van der Waals surface area contributed by atoms with Crippen LogP contribution >= 0.6 is 34.8 Å². The maximum atomic E-state index is 13.3. The molecule has 4 nitrogen and oxygen atoms in total. The van der Waals surface area contributed by atoms with E-state index in [1.54, 1.807) is 60.7 Å². The summed E-state index contributed by atoms with van der Waals surface area (Å²) in [5, 5.41) is 4.69. The number of hydrogen-bond acceptors (Lipinski definition) is 3. The first-order valence-corrected chi connectivity index (χ1v) is 10.2. The summed E-state index contributed by atoms with van der Waals surface area (Å²) in [6, 6.07) is 18.6. The lowest BCUT2D eigenvalue weighted by molar-refractivity contribution is -0.120. The van der Waals surface area contributed by atoms with E-state index in [9.17, 15) is 9.59 Å². The molecule has 3 aromatic rings. The summed E-state index contributed by atoms with van der Waals surface area (Å²) in [5.41, 5.74) is 2.94. The molecule has 0 saturated heterocycles. The van der Waals surface area contributed by atoms with E-state index in [1.807, 2.05) is 13.0 Å². The first-order chi connectivity index (χ1) is 14.3. The predicted molar refractivity (Wildman–Crippen MR) is 122 cm³/mol. The lowest BCUT2D eigenvalue weighted by Crippen LogP contribution is -2.32. The van der Waals surface area contributed by atoms with E-state index in [2.05, 4.69) is 5.32 Å². The van der Waals surface area contributed by atoms with Crippen LogP contribution in [0.1, 0.15) is 11.1 Å². The van der Waals surface area contributed by atoms with Gasteiger partial charge in [0, 0.05) is 20.8 Å². The molecule has 1 aliphatic heterocycles. The number of nitrogens with zero attached hydrogens (tertiary/aromatic N) is 1. The van der Waals surface area contributed by atoms with Gasteiger partial charge in [-0.3, -0.25) is 9.59 Å². The highest BCUT2D eigenvalue weighted by Crippen LogP contribution is 2.35. The third-order valence-corrected chi connectivity index (χ3v) is 5.65. The molecule has 1 heterocycles. The van der Waals surface area contributed by atoms with Gasteiger partial charge in [-0.05, 0) is 66.6 Å². The maximum absolute atomic E-state index is 13.3. The molecular formula is C23H15Cl3N2O2. The first-order valence-electron chi connectivity index (χ1n) is 9.03. The average molecular weight is 458 g/mol. The van der Waals surface area contributed by atoms with Crippen molar-refractivity contribution in [1.29, 1.82) is 0 Å². The smallest absolute Gasteiger partial charge is 0.282 e. The average Bonchev–Trinajstić information content (AvgIpc) is 2.96. The van der Waals surface area contributed by atoms with Crippen LogP contribution in [0.5, 0.6) is 0 Å². The standard InChI is InChI=1S/C23H15Cl3N2O2/c1-13-2-9-17(12-19(13)26)27-21-20(14-3-5-15(24)6-4-14)22(29)28(23(21)30)18-10-7-16(25)8-11-18/h2-12,27H,1H3. The van der Waals surface area contributed by atoms with E-state index >= 15 is 0 Å². The summed E-state index contributed by atoms with van der Waals surface area (Å²) < 4.78 is 0. The second-order valence-electron chi connectivity index (χ2n) is 6.77. The molecule has 30 heavy (non-hydrogen) atoms. The van der Waals surface area contributed by atoms with Crippen molar-refractivity contribution in [3.8, 4) is 0 Å². The van der Waals surface area contributed by atoms with E-state index in [0.29, 0.717) is 32.0 Å². The molecule has 0 spiro atoms. The van der Waals surface area contributed by atoms with Gasteiger partial charge in [0.2, 0.25) is 0 Å². The van der Waals surface area contributed by atoms with Crippen molar-refractivity contribution in [1.82, 2.24) is 0 Å². The minimum absolute atomic E-state index is 0.164. The van der Waals surface area contributed by atoms with Crippen LogP contribution in [0.15, 0.2) is 72.4 Å². The van der Waals surface area contributed by atoms with Gasteiger partial charge in [-0.1, -0.05) is 53.0 Å². The Morgan fingerprint density at radius 3 is 1.97 bits per heavy atom. The molecule has 0 saturated carbocycles. The fraction of sp³-hybridized carbons (Fsp3) is 0.0435. The molecule has 4 rings (SSSR count). The van der Waals surface area contributed by atoms with Gasteiger partial charge in [-0.25, -0.2) is 4.90 Å². The van der Waals surface area contributed by atoms with E-state index < -0.39 is 11.8 Å². The zero-order valence-corrected chi connectivity index (χ0v) is 18.0. The van der Waals surface area contributed by atoms with E-state index in [4.69, 9.17) is 34.8 Å². The summed E-state index contributed by atoms with van der Waals surface area (Å²) >= 11 is 18.2. The number of carbonyl (C=O) groups is 2. The highest BCUT2D eigenvalue weighted by atomic mass is 35.5. The van der Waals surface area contributed by atoms with Crippen molar-refractivity contribution >= 4 is 63.6 Å². The normalized spacial score (nSPS) is 13.9. The molecule has 0 radical (unpaired) electrons. The fourth-order valence-electron chi connectivity index (χ4n) is 3.17. The Bertz CT molecular complexity index is 1190. The van der Waals surface area contributed by atoms with Gasteiger partial charge in [-0.15, -0.1) is 0 Å². The molecule has 0 fully saturated rings. The van der Waals surface area contributed by atoms with Crippen molar-refractivity contribution < 1.29 is 9.59 Å². The highest BCUT2D eigenvalue weighted by molar-refractivity contribution is 6.46. The molecule has 3 aromatic carbocycles. The van der Waals surface area contributed by atoms with Crippen LogP contribution in [0.4, 0.5) is 11.4 Å². The zero-order valence-electron chi connectivity index (χ0n) is 15.7. The largest absolute Gasteiger partial charge is 0.350 e. The molecule has 0 unspecified atom stereocenters. The minimum atomic E-state index is -0.469. The number of hydrogen-bond donors (Lipinski definition) is 1. The Balaban J connectivity index is 1.82. The minimum Gasteiger partial charge on any atom is -0.350 e. The number of carbonyl (C=O) groups excluding carboxylic acids is 2. The second kappa shape index (κ2) is 8.15.